The van der Waals surface area contributed by atoms with Crippen LogP contribution in [-0.4, -0.2) is 52.8 Å². The van der Waals surface area contributed by atoms with Crippen molar-refractivity contribution in [2.75, 3.05) is 13.2 Å². The molecule has 0 radical (unpaired) electrons. The number of hydrogen-bond donors (Lipinski definition) is 2. The Morgan fingerprint density at radius 1 is 1.41 bits per heavy atom. The normalized spacial score (nSPS) is 22.3. The Labute approximate surface area is 133 Å². The summed E-state index contributed by atoms with van der Waals surface area (Å²) in [6, 6.07) is -0.868. The van der Waals surface area contributed by atoms with Crippen molar-refractivity contribution in [2.45, 2.75) is 72.1 Å². The third-order valence-electron chi connectivity index (χ3n) is 3.98. The first-order chi connectivity index (χ1) is 10.0. The van der Waals surface area contributed by atoms with Crippen LogP contribution in [0.25, 0.3) is 0 Å². The zero-order valence-corrected chi connectivity index (χ0v) is 14.6. The number of hydrogen-bond acceptors (Lipinski definition) is 4. The van der Waals surface area contributed by atoms with Crippen LogP contribution in [0, 0.1) is 5.41 Å². The van der Waals surface area contributed by atoms with Crippen molar-refractivity contribution in [3.05, 3.63) is 0 Å². The van der Waals surface area contributed by atoms with Crippen LogP contribution in [0.4, 0.5) is 4.79 Å². The third-order valence-corrected chi connectivity index (χ3v) is 3.98. The number of rotatable bonds is 4. The fourth-order valence-corrected chi connectivity index (χ4v) is 2.67. The fourth-order valence-electron chi connectivity index (χ4n) is 2.67. The molecule has 0 bridgehead atoms. The second-order valence-corrected chi connectivity index (χ2v) is 7.61. The van der Waals surface area contributed by atoms with E-state index in [4.69, 9.17) is 4.74 Å². The largest absolute Gasteiger partial charge is 0.444 e. The van der Waals surface area contributed by atoms with Crippen LogP contribution in [0.2, 0.25) is 0 Å². The quantitative estimate of drug-likeness (QED) is 0.831. The van der Waals surface area contributed by atoms with Gasteiger partial charge in [-0.25, -0.2) is 4.79 Å². The lowest BCUT2D eigenvalue weighted by molar-refractivity contribution is -0.129. The number of aliphatic hydroxyl groups excluding tert-OH is 1. The van der Waals surface area contributed by atoms with Gasteiger partial charge in [-0.3, -0.25) is 9.69 Å². The highest BCUT2D eigenvalue weighted by Gasteiger charge is 2.48. The minimum Gasteiger partial charge on any atom is -0.444 e. The molecule has 22 heavy (non-hydrogen) atoms. The zero-order chi connectivity index (χ0) is 17.1. The summed E-state index contributed by atoms with van der Waals surface area (Å²) in [5.41, 5.74) is -0.920. The maximum absolute atomic E-state index is 12.6. The molecule has 2 amide bonds. The van der Waals surface area contributed by atoms with E-state index in [2.05, 4.69) is 5.32 Å². The number of likely N-dealkylation sites (tertiary alicyclic amines) is 1. The number of nitrogens with one attached hydrogen (secondary N) is 1. The van der Waals surface area contributed by atoms with Crippen molar-refractivity contribution in [1.82, 2.24) is 10.2 Å². The van der Waals surface area contributed by atoms with E-state index in [1.165, 1.54) is 4.90 Å². The molecule has 0 aromatic rings. The van der Waals surface area contributed by atoms with Gasteiger partial charge in [0.25, 0.3) is 0 Å². The Balaban J connectivity index is 2.90. The lowest BCUT2D eigenvalue weighted by atomic mass is 9.84. The fraction of sp³-hybridized carbons (Fsp3) is 0.875. The average molecular weight is 314 g/mol. The molecule has 2 N–H and O–H groups in total. The lowest BCUT2D eigenvalue weighted by Crippen LogP contribution is -2.54. The predicted octanol–water partition coefficient (Wildman–Crippen LogP) is 1.91. The number of nitrogens with zero attached hydrogens (tertiary/aromatic N) is 1. The highest BCUT2D eigenvalue weighted by Crippen LogP contribution is 2.37. The van der Waals surface area contributed by atoms with E-state index in [1.807, 2.05) is 20.8 Å². The smallest absolute Gasteiger partial charge is 0.410 e. The number of aliphatic hydroxyl groups is 1. The van der Waals surface area contributed by atoms with Crippen molar-refractivity contribution >= 4 is 12.0 Å². The third kappa shape index (κ3) is 4.60. The van der Waals surface area contributed by atoms with E-state index < -0.39 is 17.7 Å². The summed E-state index contributed by atoms with van der Waals surface area (Å²) < 4.78 is 5.41. The SMILES string of the molecule is CC[C@@H](CO)NC(=O)[C@H]1N(C(=O)OC(C)(C)C)CCC1(C)C. The molecule has 0 aliphatic carbocycles. The molecular formula is C16H30N2O4. The molecule has 6 nitrogen and oxygen atoms in total. The van der Waals surface area contributed by atoms with Crippen LogP contribution in [0.15, 0.2) is 0 Å². The topological polar surface area (TPSA) is 78.9 Å². The standard InChI is InChI=1S/C16H30N2O4/c1-7-11(10-19)17-13(20)12-16(5,6)8-9-18(12)14(21)22-15(2,3)4/h11-12,19H,7-10H2,1-6H3,(H,17,20)/t11-,12+/m0/s1. The summed E-state index contributed by atoms with van der Waals surface area (Å²) >= 11 is 0. The molecule has 128 valence electrons. The molecule has 1 saturated heterocycles. The number of carbonyl (C=O) groups excluding carboxylic acids is 2. The van der Waals surface area contributed by atoms with Crippen LogP contribution in [0.1, 0.15) is 54.4 Å². The molecule has 0 saturated carbocycles. The summed E-state index contributed by atoms with van der Waals surface area (Å²) in [6.07, 6.45) is 0.914. The summed E-state index contributed by atoms with van der Waals surface area (Å²) in [6.45, 7) is 11.6. The monoisotopic (exact) mass is 314 g/mol. The number of ether oxygens (including phenoxy) is 1. The molecule has 0 aromatic carbocycles. The number of carbonyl (C=O) groups is 2. The number of amides is 2. The predicted molar refractivity (Wildman–Crippen MR) is 84.4 cm³/mol. The minimum absolute atomic E-state index is 0.109. The molecular weight excluding hydrogens is 284 g/mol. The first kappa shape index (κ1) is 18.7. The van der Waals surface area contributed by atoms with Crippen molar-refractivity contribution in [1.29, 1.82) is 0 Å². The van der Waals surface area contributed by atoms with Gasteiger partial charge >= 0.3 is 6.09 Å². The highest BCUT2D eigenvalue weighted by molar-refractivity contribution is 5.87. The molecule has 1 heterocycles. The summed E-state index contributed by atoms with van der Waals surface area (Å²) in [4.78, 5) is 26.5. The van der Waals surface area contributed by atoms with Crippen LogP contribution in [0.5, 0.6) is 0 Å². The maximum Gasteiger partial charge on any atom is 0.410 e. The van der Waals surface area contributed by atoms with Crippen LogP contribution >= 0.6 is 0 Å². The first-order valence-corrected chi connectivity index (χ1v) is 7.92. The Kier molecular flexibility index (Phi) is 5.84. The zero-order valence-electron chi connectivity index (χ0n) is 14.6. The molecule has 1 rings (SSSR count). The Bertz CT molecular complexity index is 411. The van der Waals surface area contributed by atoms with Gasteiger partial charge in [0.2, 0.25) is 5.91 Å². The molecule has 1 fully saturated rings. The van der Waals surface area contributed by atoms with E-state index in [0.717, 1.165) is 6.42 Å². The van der Waals surface area contributed by atoms with Gasteiger partial charge in [0.05, 0.1) is 12.6 Å². The highest BCUT2D eigenvalue weighted by atomic mass is 16.6. The van der Waals surface area contributed by atoms with E-state index in [-0.39, 0.29) is 24.0 Å². The van der Waals surface area contributed by atoms with Crippen molar-refractivity contribution in [3.63, 3.8) is 0 Å². The van der Waals surface area contributed by atoms with Crippen molar-refractivity contribution < 1.29 is 19.4 Å². The molecule has 2 atom stereocenters. The van der Waals surface area contributed by atoms with Gasteiger partial charge in [-0.1, -0.05) is 20.8 Å². The molecule has 1 aliphatic rings. The maximum atomic E-state index is 12.6. The van der Waals surface area contributed by atoms with Crippen LogP contribution in [0.3, 0.4) is 0 Å². The van der Waals surface area contributed by atoms with Crippen molar-refractivity contribution in [3.8, 4) is 0 Å². The molecule has 1 aliphatic heterocycles. The van der Waals surface area contributed by atoms with Gasteiger partial charge in [-0.2, -0.15) is 0 Å². The lowest BCUT2D eigenvalue weighted by Gasteiger charge is -2.33. The van der Waals surface area contributed by atoms with E-state index in [9.17, 15) is 14.7 Å². The van der Waals surface area contributed by atoms with E-state index >= 15 is 0 Å². The van der Waals surface area contributed by atoms with Gasteiger partial charge in [-0.15, -0.1) is 0 Å². The minimum atomic E-state index is -0.595. The second-order valence-electron chi connectivity index (χ2n) is 7.61. The molecule has 0 unspecified atom stereocenters. The molecule has 0 aromatic heterocycles. The van der Waals surface area contributed by atoms with Gasteiger partial charge in [-0.05, 0) is 39.0 Å². The van der Waals surface area contributed by atoms with E-state index in [0.29, 0.717) is 13.0 Å². The Morgan fingerprint density at radius 3 is 2.45 bits per heavy atom. The summed E-state index contributed by atoms with van der Waals surface area (Å²) in [5.74, 6) is -0.228. The molecule has 0 spiro atoms. The van der Waals surface area contributed by atoms with E-state index in [1.54, 1.807) is 20.8 Å². The van der Waals surface area contributed by atoms with Gasteiger partial charge in [0, 0.05) is 6.54 Å². The van der Waals surface area contributed by atoms with Crippen LogP contribution < -0.4 is 5.32 Å². The average Bonchev–Trinajstić information content (AvgIpc) is 2.69. The van der Waals surface area contributed by atoms with Crippen molar-refractivity contribution in [2.24, 2.45) is 5.41 Å². The summed E-state index contributed by atoms with van der Waals surface area (Å²) in [7, 11) is 0. The first-order valence-electron chi connectivity index (χ1n) is 7.92. The van der Waals surface area contributed by atoms with Crippen LogP contribution in [-0.2, 0) is 9.53 Å². The molecule has 6 heteroatoms. The second kappa shape index (κ2) is 6.86. The van der Waals surface area contributed by atoms with Gasteiger partial charge in [0.1, 0.15) is 11.6 Å². The van der Waals surface area contributed by atoms with Gasteiger partial charge in [0.15, 0.2) is 0 Å². The summed E-state index contributed by atoms with van der Waals surface area (Å²) in [5, 5.41) is 12.1. The Morgan fingerprint density at radius 2 is 2.00 bits per heavy atom. The Hall–Kier alpha value is -1.30. The van der Waals surface area contributed by atoms with Gasteiger partial charge < -0.3 is 15.2 Å².